The molecule has 110 valence electrons. The highest BCUT2D eigenvalue weighted by Gasteiger charge is 2.20. The second kappa shape index (κ2) is 6.10. The lowest BCUT2D eigenvalue weighted by atomic mass is 10.0. The van der Waals surface area contributed by atoms with Gasteiger partial charge in [0.25, 0.3) is 0 Å². The molecule has 1 aromatic carbocycles. The quantitative estimate of drug-likeness (QED) is 0.900. The number of nitrogens with zero attached hydrogens (tertiary/aromatic N) is 2. The Morgan fingerprint density at radius 1 is 1.38 bits per heavy atom. The van der Waals surface area contributed by atoms with E-state index in [2.05, 4.69) is 28.9 Å². The number of hydrogen-bond donors (Lipinski definition) is 2. The van der Waals surface area contributed by atoms with E-state index < -0.39 is 0 Å². The predicted molar refractivity (Wildman–Crippen MR) is 81.1 cm³/mol. The van der Waals surface area contributed by atoms with E-state index in [1.165, 1.54) is 0 Å². The monoisotopic (exact) mass is 284 g/mol. The molecule has 0 radical (unpaired) electrons. The molecular formula is C16H20N4O. The van der Waals surface area contributed by atoms with Crippen molar-refractivity contribution in [3.63, 3.8) is 0 Å². The third-order valence-electron chi connectivity index (χ3n) is 3.87. The van der Waals surface area contributed by atoms with Crippen molar-refractivity contribution < 1.29 is 4.79 Å². The van der Waals surface area contributed by atoms with Gasteiger partial charge in [0.2, 0.25) is 5.91 Å². The Morgan fingerprint density at radius 2 is 2.19 bits per heavy atom. The van der Waals surface area contributed by atoms with Gasteiger partial charge in [-0.2, -0.15) is 5.10 Å². The van der Waals surface area contributed by atoms with Crippen molar-refractivity contribution in [3.8, 4) is 5.69 Å². The van der Waals surface area contributed by atoms with Crippen LogP contribution in [0.25, 0.3) is 5.69 Å². The summed E-state index contributed by atoms with van der Waals surface area (Å²) in [6.45, 7) is 2.83. The zero-order chi connectivity index (χ0) is 14.7. The summed E-state index contributed by atoms with van der Waals surface area (Å²) >= 11 is 0. The number of benzene rings is 1. The van der Waals surface area contributed by atoms with Crippen LogP contribution in [-0.4, -0.2) is 28.3 Å². The van der Waals surface area contributed by atoms with E-state index in [1.54, 1.807) is 0 Å². The molecule has 1 aliphatic rings. The predicted octanol–water partition coefficient (Wildman–Crippen LogP) is 1.80. The first-order chi connectivity index (χ1) is 10.2. The SMILES string of the molecule is CC(NC1CCC(=O)NC1)c1cnn(-c2ccccc2)c1. The van der Waals surface area contributed by atoms with Gasteiger partial charge in [-0.3, -0.25) is 4.79 Å². The summed E-state index contributed by atoms with van der Waals surface area (Å²) in [5.74, 6) is 0.151. The molecule has 3 rings (SSSR count). The van der Waals surface area contributed by atoms with Crippen molar-refractivity contribution in [2.45, 2.75) is 31.8 Å². The number of aromatic nitrogens is 2. The van der Waals surface area contributed by atoms with Crippen LogP contribution in [0.3, 0.4) is 0 Å². The van der Waals surface area contributed by atoms with E-state index >= 15 is 0 Å². The Hall–Kier alpha value is -2.14. The van der Waals surface area contributed by atoms with Crippen LogP contribution in [0.5, 0.6) is 0 Å². The topological polar surface area (TPSA) is 59.0 Å². The fraction of sp³-hybridized carbons (Fsp3) is 0.375. The van der Waals surface area contributed by atoms with E-state index in [1.807, 2.05) is 41.2 Å². The summed E-state index contributed by atoms with van der Waals surface area (Å²) in [6.07, 6.45) is 5.44. The third kappa shape index (κ3) is 3.31. The van der Waals surface area contributed by atoms with Crippen molar-refractivity contribution >= 4 is 5.91 Å². The number of amides is 1. The van der Waals surface area contributed by atoms with Crippen LogP contribution in [0.15, 0.2) is 42.7 Å². The molecule has 1 saturated heterocycles. The average molecular weight is 284 g/mol. The molecule has 1 aliphatic heterocycles. The van der Waals surface area contributed by atoms with Gasteiger partial charge in [-0.1, -0.05) is 18.2 Å². The Bertz CT molecular complexity index is 598. The molecule has 1 fully saturated rings. The lowest BCUT2D eigenvalue weighted by molar-refractivity contribution is -0.122. The summed E-state index contributed by atoms with van der Waals surface area (Å²) in [5, 5.41) is 10.9. The minimum Gasteiger partial charge on any atom is -0.355 e. The van der Waals surface area contributed by atoms with Crippen molar-refractivity contribution in [2.24, 2.45) is 0 Å². The molecule has 2 atom stereocenters. The molecule has 0 bridgehead atoms. The van der Waals surface area contributed by atoms with Crippen molar-refractivity contribution in [2.75, 3.05) is 6.54 Å². The average Bonchev–Trinajstić information content (AvgIpc) is 3.00. The number of hydrogen-bond acceptors (Lipinski definition) is 3. The molecule has 1 amide bonds. The molecule has 0 aliphatic carbocycles. The minimum absolute atomic E-state index is 0.151. The maximum Gasteiger partial charge on any atom is 0.220 e. The molecule has 2 unspecified atom stereocenters. The van der Waals surface area contributed by atoms with Gasteiger partial charge < -0.3 is 10.6 Å². The number of nitrogens with one attached hydrogen (secondary N) is 2. The van der Waals surface area contributed by atoms with Crippen molar-refractivity contribution in [1.29, 1.82) is 0 Å². The summed E-state index contributed by atoms with van der Waals surface area (Å²) in [4.78, 5) is 11.2. The second-order valence-electron chi connectivity index (χ2n) is 5.48. The molecule has 0 spiro atoms. The molecule has 2 N–H and O–H groups in total. The minimum atomic E-state index is 0.151. The number of rotatable bonds is 4. The molecule has 2 aromatic rings. The Balaban J connectivity index is 1.64. The molecule has 5 heteroatoms. The molecule has 0 saturated carbocycles. The molecule has 21 heavy (non-hydrogen) atoms. The zero-order valence-corrected chi connectivity index (χ0v) is 12.1. The van der Waals surface area contributed by atoms with Crippen molar-refractivity contribution in [3.05, 3.63) is 48.3 Å². The number of para-hydroxylation sites is 1. The Kier molecular flexibility index (Phi) is 4.01. The zero-order valence-electron chi connectivity index (χ0n) is 12.1. The van der Waals surface area contributed by atoms with Gasteiger partial charge in [-0.05, 0) is 25.5 Å². The third-order valence-corrected chi connectivity index (χ3v) is 3.87. The van der Waals surface area contributed by atoms with Crippen LogP contribution in [0, 0.1) is 0 Å². The van der Waals surface area contributed by atoms with E-state index in [-0.39, 0.29) is 11.9 Å². The van der Waals surface area contributed by atoms with Gasteiger partial charge in [0, 0.05) is 36.8 Å². The fourth-order valence-electron chi connectivity index (χ4n) is 2.61. The van der Waals surface area contributed by atoms with E-state index in [9.17, 15) is 4.79 Å². The van der Waals surface area contributed by atoms with Gasteiger partial charge in [-0.15, -0.1) is 0 Å². The number of carbonyl (C=O) groups is 1. The molecule has 5 nitrogen and oxygen atoms in total. The lowest BCUT2D eigenvalue weighted by Gasteiger charge is -2.26. The standard InChI is InChI=1S/C16H20N4O/c1-12(19-14-7-8-16(21)17-10-14)13-9-18-20(11-13)15-5-3-2-4-6-15/h2-6,9,11-12,14,19H,7-8,10H2,1H3,(H,17,21). The Morgan fingerprint density at radius 3 is 2.90 bits per heavy atom. The van der Waals surface area contributed by atoms with Gasteiger partial charge in [-0.25, -0.2) is 4.68 Å². The summed E-state index contributed by atoms with van der Waals surface area (Å²) in [7, 11) is 0. The highest BCUT2D eigenvalue weighted by molar-refractivity contribution is 5.76. The van der Waals surface area contributed by atoms with Crippen LogP contribution < -0.4 is 10.6 Å². The first kappa shape index (κ1) is 13.8. The van der Waals surface area contributed by atoms with Crippen LogP contribution in [0.2, 0.25) is 0 Å². The normalized spacial score (nSPS) is 20.0. The largest absolute Gasteiger partial charge is 0.355 e. The maximum atomic E-state index is 11.2. The number of piperidine rings is 1. The van der Waals surface area contributed by atoms with Crippen LogP contribution in [0.1, 0.15) is 31.4 Å². The lowest BCUT2D eigenvalue weighted by Crippen LogP contribution is -2.46. The molecule has 1 aromatic heterocycles. The van der Waals surface area contributed by atoms with Gasteiger partial charge in [0.05, 0.1) is 11.9 Å². The molecular weight excluding hydrogens is 264 g/mol. The summed E-state index contributed by atoms with van der Waals surface area (Å²) < 4.78 is 1.89. The van der Waals surface area contributed by atoms with Gasteiger partial charge in [0.1, 0.15) is 0 Å². The second-order valence-corrected chi connectivity index (χ2v) is 5.48. The first-order valence-electron chi connectivity index (χ1n) is 7.35. The van der Waals surface area contributed by atoms with E-state index in [0.717, 1.165) is 17.7 Å². The number of carbonyl (C=O) groups excluding carboxylic acids is 1. The van der Waals surface area contributed by atoms with Gasteiger partial charge >= 0.3 is 0 Å². The fourth-order valence-corrected chi connectivity index (χ4v) is 2.61. The highest BCUT2D eigenvalue weighted by Crippen LogP contribution is 2.16. The smallest absolute Gasteiger partial charge is 0.220 e. The maximum absolute atomic E-state index is 11.2. The van der Waals surface area contributed by atoms with Crippen LogP contribution >= 0.6 is 0 Å². The van der Waals surface area contributed by atoms with Crippen LogP contribution in [0.4, 0.5) is 0 Å². The molecule has 2 heterocycles. The van der Waals surface area contributed by atoms with Crippen molar-refractivity contribution in [1.82, 2.24) is 20.4 Å². The first-order valence-corrected chi connectivity index (χ1v) is 7.35. The Labute approximate surface area is 124 Å². The summed E-state index contributed by atoms with van der Waals surface area (Å²) in [5.41, 5.74) is 2.21. The van der Waals surface area contributed by atoms with Crippen LogP contribution in [-0.2, 0) is 4.79 Å². The van der Waals surface area contributed by atoms with E-state index in [4.69, 9.17) is 0 Å². The van der Waals surface area contributed by atoms with E-state index in [0.29, 0.717) is 19.0 Å². The summed E-state index contributed by atoms with van der Waals surface area (Å²) in [6, 6.07) is 10.6. The highest BCUT2D eigenvalue weighted by atomic mass is 16.1. The van der Waals surface area contributed by atoms with Gasteiger partial charge in [0.15, 0.2) is 0 Å².